The molecule has 0 radical (unpaired) electrons. The second-order valence-electron chi connectivity index (χ2n) is 5.83. The molecule has 1 unspecified atom stereocenters. The smallest absolute Gasteiger partial charge is 0.221 e. The molecule has 0 aliphatic rings. The lowest BCUT2D eigenvalue weighted by atomic mass is 10.1. The fourth-order valence-electron chi connectivity index (χ4n) is 2.32. The average molecular weight is 304 g/mol. The van der Waals surface area contributed by atoms with E-state index in [0.29, 0.717) is 12.5 Å². The topological polar surface area (TPSA) is 25.4 Å². The fourth-order valence-corrected chi connectivity index (χ4v) is 2.32. The number of aryl methyl sites for hydroxylation is 1. The van der Waals surface area contributed by atoms with Crippen LogP contribution in [-0.4, -0.2) is 43.3 Å². The highest BCUT2D eigenvalue weighted by molar-refractivity contribution is 5.87. The first-order valence-corrected chi connectivity index (χ1v) is 7.89. The zero-order chi connectivity index (χ0) is 15.9. The van der Waals surface area contributed by atoms with E-state index in [9.17, 15) is 4.39 Å². The van der Waals surface area contributed by atoms with Crippen molar-refractivity contribution in [2.24, 2.45) is 0 Å². The summed E-state index contributed by atoms with van der Waals surface area (Å²) >= 11 is 0. The van der Waals surface area contributed by atoms with Crippen LogP contribution in [0.25, 0.3) is 10.8 Å². The van der Waals surface area contributed by atoms with E-state index in [-0.39, 0.29) is 6.04 Å². The van der Waals surface area contributed by atoms with E-state index in [4.69, 9.17) is 4.74 Å². The normalized spacial score (nSPS) is 12.8. The van der Waals surface area contributed by atoms with E-state index in [2.05, 4.69) is 24.0 Å². The van der Waals surface area contributed by atoms with E-state index in [1.807, 2.05) is 37.2 Å². The van der Waals surface area contributed by atoms with Gasteiger partial charge in [0.1, 0.15) is 13.3 Å². The van der Waals surface area contributed by atoms with Gasteiger partial charge in [-0.25, -0.2) is 9.37 Å². The van der Waals surface area contributed by atoms with Crippen molar-refractivity contribution in [2.45, 2.75) is 32.2 Å². The number of benzene rings is 1. The molecule has 0 aliphatic heterocycles. The number of hydrogen-bond acceptors (Lipinski definition) is 3. The zero-order valence-corrected chi connectivity index (χ0v) is 13.7. The molecule has 0 fully saturated rings. The molecule has 120 valence electrons. The first-order chi connectivity index (χ1) is 10.7. The van der Waals surface area contributed by atoms with Crippen molar-refractivity contribution in [3.05, 3.63) is 36.0 Å². The number of ether oxygens (including phenoxy) is 1. The van der Waals surface area contributed by atoms with Crippen LogP contribution in [0.4, 0.5) is 4.39 Å². The predicted octanol–water partition coefficient (Wildman–Crippen LogP) is 3.86. The molecule has 22 heavy (non-hydrogen) atoms. The molecular formula is C18H25FN2O. The lowest BCUT2D eigenvalue weighted by Crippen LogP contribution is -2.35. The van der Waals surface area contributed by atoms with Crippen molar-refractivity contribution in [3.8, 4) is 5.88 Å². The van der Waals surface area contributed by atoms with Gasteiger partial charge in [-0.2, -0.15) is 0 Å². The number of fused-ring (bicyclic) bond motifs is 1. The first-order valence-electron chi connectivity index (χ1n) is 7.89. The highest BCUT2D eigenvalue weighted by Crippen LogP contribution is 2.25. The van der Waals surface area contributed by atoms with Gasteiger partial charge < -0.3 is 9.64 Å². The molecule has 0 saturated carbocycles. The minimum atomic E-state index is -0.430. The summed E-state index contributed by atoms with van der Waals surface area (Å²) in [6.45, 7) is 2.04. The Morgan fingerprint density at radius 2 is 2.05 bits per heavy atom. The van der Waals surface area contributed by atoms with E-state index >= 15 is 0 Å². The van der Waals surface area contributed by atoms with E-state index in [1.165, 1.54) is 0 Å². The number of likely N-dealkylation sites (N-methyl/N-ethyl adjacent to an activating group) is 1. The molecule has 1 heterocycles. The largest absolute Gasteiger partial charge is 0.475 e. The van der Waals surface area contributed by atoms with Gasteiger partial charge in [-0.15, -0.1) is 0 Å². The molecule has 1 atom stereocenters. The number of rotatable bonds is 8. The zero-order valence-electron chi connectivity index (χ0n) is 13.7. The van der Waals surface area contributed by atoms with Gasteiger partial charge in [0.2, 0.25) is 5.88 Å². The van der Waals surface area contributed by atoms with Crippen LogP contribution in [0.2, 0.25) is 0 Å². The Balaban J connectivity index is 2.25. The lowest BCUT2D eigenvalue weighted by molar-refractivity contribution is 0.155. The van der Waals surface area contributed by atoms with Gasteiger partial charge in [0.15, 0.2) is 0 Å². The molecular weight excluding hydrogens is 279 g/mol. The second-order valence-corrected chi connectivity index (χ2v) is 5.83. The maximum absolute atomic E-state index is 13.0. The summed E-state index contributed by atoms with van der Waals surface area (Å²) in [5.41, 5.74) is 1.04. The highest BCUT2D eigenvalue weighted by Gasteiger charge is 2.14. The summed E-state index contributed by atoms with van der Waals surface area (Å²) in [5.74, 6) is 0.615. The third kappa shape index (κ3) is 4.17. The third-order valence-corrected chi connectivity index (χ3v) is 3.87. The summed E-state index contributed by atoms with van der Waals surface area (Å²) in [6, 6.07) is 9.93. The van der Waals surface area contributed by atoms with Crippen LogP contribution in [-0.2, 0) is 6.42 Å². The van der Waals surface area contributed by atoms with Crippen LogP contribution in [0.15, 0.2) is 30.3 Å². The van der Waals surface area contributed by atoms with Crippen LogP contribution < -0.4 is 4.74 Å². The van der Waals surface area contributed by atoms with Gasteiger partial charge in [0.25, 0.3) is 0 Å². The number of alkyl halides is 1. The molecule has 3 nitrogen and oxygen atoms in total. The van der Waals surface area contributed by atoms with Gasteiger partial charge in [-0.3, -0.25) is 0 Å². The van der Waals surface area contributed by atoms with Crippen molar-refractivity contribution in [2.75, 3.05) is 27.4 Å². The van der Waals surface area contributed by atoms with Crippen molar-refractivity contribution >= 4 is 10.8 Å². The van der Waals surface area contributed by atoms with E-state index in [1.54, 1.807) is 0 Å². The maximum Gasteiger partial charge on any atom is 0.221 e. The monoisotopic (exact) mass is 304 g/mol. The summed E-state index contributed by atoms with van der Waals surface area (Å²) in [6.07, 6.45) is 3.18. The molecule has 0 N–H and O–H groups in total. The molecule has 0 spiro atoms. The summed E-state index contributed by atoms with van der Waals surface area (Å²) < 4.78 is 18.9. The molecule has 4 heteroatoms. The lowest BCUT2D eigenvalue weighted by Gasteiger charge is -2.21. The molecule has 1 aromatic heterocycles. The SMILES string of the molecule is CCCCc1cc2ccccc2c(OCC(CF)N(C)C)n1. The van der Waals surface area contributed by atoms with Crippen molar-refractivity contribution in [1.29, 1.82) is 0 Å². The second kappa shape index (κ2) is 8.08. The van der Waals surface area contributed by atoms with Gasteiger partial charge in [0.05, 0.1) is 6.04 Å². The Morgan fingerprint density at radius 1 is 1.27 bits per heavy atom. The van der Waals surface area contributed by atoms with Crippen LogP contribution in [0.5, 0.6) is 5.88 Å². The molecule has 1 aromatic carbocycles. The quantitative estimate of drug-likeness (QED) is 0.740. The van der Waals surface area contributed by atoms with Crippen molar-refractivity contribution in [1.82, 2.24) is 9.88 Å². The molecule has 0 amide bonds. The first kappa shape index (κ1) is 16.7. The molecule has 0 saturated heterocycles. The van der Waals surface area contributed by atoms with Gasteiger partial charge in [-0.05, 0) is 44.5 Å². The number of hydrogen-bond donors (Lipinski definition) is 0. The maximum atomic E-state index is 13.0. The third-order valence-electron chi connectivity index (χ3n) is 3.87. The molecule has 2 aromatic rings. The Labute approximate surface area is 132 Å². The summed E-state index contributed by atoms with van der Waals surface area (Å²) in [7, 11) is 3.72. The Bertz CT molecular complexity index is 601. The highest BCUT2D eigenvalue weighted by atomic mass is 19.1. The van der Waals surface area contributed by atoms with Gasteiger partial charge >= 0.3 is 0 Å². The van der Waals surface area contributed by atoms with Crippen LogP contribution in [0, 0.1) is 0 Å². The summed E-state index contributed by atoms with van der Waals surface area (Å²) in [4.78, 5) is 6.48. The minimum Gasteiger partial charge on any atom is -0.475 e. The Kier molecular flexibility index (Phi) is 6.13. The standard InChI is InChI=1S/C18H25FN2O/c1-4-5-9-15-11-14-8-6-7-10-17(14)18(20-15)22-13-16(12-19)21(2)3/h6-8,10-11,16H,4-5,9,12-13H2,1-3H3. The van der Waals surface area contributed by atoms with Crippen molar-refractivity contribution in [3.63, 3.8) is 0 Å². The Hall–Kier alpha value is -1.68. The predicted molar refractivity (Wildman–Crippen MR) is 89.3 cm³/mol. The van der Waals surface area contributed by atoms with Crippen LogP contribution in [0.3, 0.4) is 0 Å². The van der Waals surface area contributed by atoms with E-state index in [0.717, 1.165) is 35.7 Å². The van der Waals surface area contributed by atoms with E-state index < -0.39 is 6.67 Å². The van der Waals surface area contributed by atoms with Crippen LogP contribution >= 0.6 is 0 Å². The number of halogens is 1. The number of pyridine rings is 1. The van der Waals surface area contributed by atoms with Crippen molar-refractivity contribution < 1.29 is 9.13 Å². The fraction of sp³-hybridized carbons (Fsp3) is 0.500. The van der Waals surface area contributed by atoms with Gasteiger partial charge in [0, 0.05) is 11.1 Å². The Morgan fingerprint density at radius 3 is 2.73 bits per heavy atom. The number of unbranched alkanes of at least 4 members (excludes halogenated alkanes) is 1. The number of nitrogens with zero attached hydrogens (tertiary/aromatic N) is 2. The minimum absolute atomic E-state index is 0.250. The molecule has 0 aliphatic carbocycles. The summed E-state index contributed by atoms with van der Waals surface area (Å²) in [5, 5.41) is 2.11. The van der Waals surface area contributed by atoms with Gasteiger partial charge in [-0.1, -0.05) is 31.5 Å². The molecule has 2 rings (SSSR count). The number of aromatic nitrogens is 1. The molecule has 0 bridgehead atoms. The average Bonchev–Trinajstić information content (AvgIpc) is 2.53. The van der Waals surface area contributed by atoms with Crippen LogP contribution in [0.1, 0.15) is 25.5 Å².